The number of Topliss-reactive ketones (excluding diaryl/α,β-unsaturated/α-hetero) is 1. The first-order chi connectivity index (χ1) is 12.1. The van der Waals surface area contributed by atoms with Gasteiger partial charge in [-0.05, 0) is 23.8 Å². The summed E-state index contributed by atoms with van der Waals surface area (Å²) in [6.07, 6.45) is -2.10. The minimum atomic E-state index is -1.40. The summed E-state index contributed by atoms with van der Waals surface area (Å²) in [4.78, 5) is 12.9. The normalized spacial score (nSPS) is 42.2. The van der Waals surface area contributed by atoms with E-state index in [0.29, 0.717) is 23.3 Å². The molecule has 0 amide bonds. The van der Waals surface area contributed by atoms with Crippen LogP contribution in [-0.2, 0) is 4.79 Å². The van der Waals surface area contributed by atoms with E-state index in [4.69, 9.17) is 4.74 Å². The molecule has 26 heavy (non-hydrogen) atoms. The van der Waals surface area contributed by atoms with Gasteiger partial charge in [0.05, 0.1) is 11.7 Å². The summed E-state index contributed by atoms with van der Waals surface area (Å²) in [5, 5.41) is 42.1. The van der Waals surface area contributed by atoms with Crippen LogP contribution in [0.1, 0.15) is 38.2 Å². The molecule has 2 saturated carbocycles. The van der Waals surface area contributed by atoms with Gasteiger partial charge in [-0.25, -0.2) is 0 Å². The zero-order chi connectivity index (χ0) is 18.6. The van der Waals surface area contributed by atoms with Crippen LogP contribution >= 0.6 is 0 Å². The molecule has 3 aliphatic carbocycles. The standard InChI is InChI=1S/C20H22O6/c1-19(2)10-6-20(25)7-11(22)14(13(10)17(20)23)15-16(19)9-4-3-8(21)5-12(9)26-18(15)24/h3-5,10,13,16-18,21,23-25H,6-7H2,1-2H3. The van der Waals surface area contributed by atoms with Gasteiger partial charge < -0.3 is 25.2 Å². The molecule has 6 atom stereocenters. The average molecular weight is 358 g/mol. The second-order valence-corrected chi connectivity index (χ2v) is 8.80. The molecule has 138 valence electrons. The Hall–Kier alpha value is -1.89. The summed E-state index contributed by atoms with van der Waals surface area (Å²) < 4.78 is 5.62. The number of hydrogen-bond donors (Lipinski definition) is 4. The maximum atomic E-state index is 12.9. The van der Waals surface area contributed by atoms with Gasteiger partial charge in [-0.3, -0.25) is 4.79 Å². The number of carbonyl (C=O) groups is 1. The van der Waals surface area contributed by atoms with Gasteiger partial charge in [0.25, 0.3) is 0 Å². The largest absolute Gasteiger partial charge is 0.508 e. The molecule has 1 aliphatic heterocycles. The number of fused-ring (bicyclic) bond motifs is 4. The fourth-order valence-corrected chi connectivity index (χ4v) is 6.02. The van der Waals surface area contributed by atoms with Crippen molar-refractivity contribution in [2.24, 2.45) is 17.3 Å². The Balaban J connectivity index is 1.81. The lowest BCUT2D eigenvalue weighted by molar-refractivity contribution is -0.134. The predicted octanol–water partition coefficient (Wildman–Crippen LogP) is 1.22. The van der Waals surface area contributed by atoms with E-state index in [-0.39, 0.29) is 29.8 Å². The molecule has 6 unspecified atom stereocenters. The molecular formula is C20H22O6. The number of hydrogen-bond acceptors (Lipinski definition) is 6. The van der Waals surface area contributed by atoms with Crippen molar-refractivity contribution >= 4 is 5.78 Å². The monoisotopic (exact) mass is 358 g/mol. The second-order valence-electron chi connectivity index (χ2n) is 8.80. The molecule has 5 rings (SSSR count). The van der Waals surface area contributed by atoms with Crippen molar-refractivity contribution in [3.05, 3.63) is 34.9 Å². The summed E-state index contributed by atoms with van der Waals surface area (Å²) in [5.74, 6) is -0.636. The van der Waals surface area contributed by atoms with E-state index < -0.39 is 29.3 Å². The lowest BCUT2D eigenvalue weighted by Crippen LogP contribution is -2.52. The Morgan fingerprint density at radius 3 is 2.69 bits per heavy atom. The van der Waals surface area contributed by atoms with E-state index in [1.165, 1.54) is 6.07 Å². The molecule has 6 nitrogen and oxygen atoms in total. The van der Waals surface area contributed by atoms with Crippen molar-refractivity contribution in [3.63, 3.8) is 0 Å². The van der Waals surface area contributed by atoms with Crippen LogP contribution in [0.25, 0.3) is 0 Å². The number of ketones is 1. The highest BCUT2D eigenvalue weighted by Crippen LogP contribution is 2.66. The van der Waals surface area contributed by atoms with Crippen LogP contribution in [0.4, 0.5) is 0 Å². The number of rotatable bonds is 0. The molecule has 0 spiro atoms. The van der Waals surface area contributed by atoms with Crippen LogP contribution in [0.15, 0.2) is 29.3 Å². The third-order valence-corrected chi connectivity index (χ3v) is 7.13. The molecule has 2 fully saturated rings. The molecule has 1 aromatic rings. The molecule has 4 N–H and O–H groups in total. The smallest absolute Gasteiger partial charge is 0.221 e. The third-order valence-electron chi connectivity index (χ3n) is 7.13. The molecule has 2 bridgehead atoms. The van der Waals surface area contributed by atoms with E-state index in [9.17, 15) is 25.2 Å². The van der Waals surface area contributed by atoms with E-state index in [2.05, 4.69) is 13.8 Å². The van der Waals surface area contributed by atoms with Crippen molar-refractivity contribution in [3.8, 4) is 11.5 Å². The zero-order valence-electron chi connectivity index (χ0n) is 14.6. The van der Waals surface area contributed by atoms with Gasteiger partial charge in [0.15, 0.2) is 5.78 Å². The number of ether oxygens (including phenoxy) is 1. The van der Waals surface area contributed by atoms with Crippen molar-refractivity contribution in [1.82, 2.24) is 0 Å². The maximum absolute atomic E-state index is 12.9. The van der Waals surface area contributed by atoms with Gasteiger partial charge in [-0.1, -0.05) is 19.9 Å². The zero-order valence-corrected chi connectivity index (χ0v) is 14.6. The molecule has 1 heterocycles. The minimum Gasteiger partial charge on any atom is -0.508 e. The SMILES string of the molecule is CC1(C)C2C(=C3C(=O)CC4(O)CC1C3C4O)C(O)Oc1cc(O)ccc12. The van der Waals surface area contributed by atoms with Gasteiger partial charge in [-0.15, -0.1) is 0 Å². The van der Waals surface area contributed by atoms with Crippen LogP contribution in [0.3, 0.4) is 0 Å². The highest BCUT2D eigenvalue weighted by atomic mass is 16.6. The van der Waals surface area contributed by atoms with E-state index in [0.717, 1.165) is 5.56 Å². The molecule has 0 radical (unpaired) electrons. The quantitative estimate of drug-likeness (QED) is 0.556. The second kappa shape index (κ2) is 4.68. The molecule has 4 aliphatic rings. The summed E-state index contributed by atoms with van der Waals surface area (Å²) >= 11 is 0. The summed E-state index contributed by atoms with van der Waals surface area (Å²) in [6.45, 7) is 4.10. The molecule has 0 aromatic heterocycles. The Labute approximate surface area is 150 Å². The average Bonchev–Trinajstić information content (AvgIpc) is 2.74. The molecule has 1 aromatic carbocycles. The van der Waals surface area contributed by atoms with Gasteiger partial charge in [0.1, 0.15) is 11.5 Å². The Kier molecular flexibility index (Phi) is 2.94. The van der Waals surface area contributed by atoms with E-state index in [1.807, 2.05) is 0 Å². The highest BCUT2D eigenvalue weighted by molar-refractivity contribution is 6.00. The Bertz CT molecular complexity index is 871. The van der Waals surface area contributed by atoms with Crippen molar-refractivity contribution < 1.29 is 30.0 Å². The van der Waals surface area contributed by atoms with Gasteiger partial charge in [0.2, 0.25) is 6.29 Å². The van der Waals surface area contributed by atoms with Crippen LogP contribution in [0.2, 0.25) is 0 Å². The Morgan fingerprint density at radius 2 is 1.96 bits per heavy atom. The predicted molar refractivity (Wildman–Crippen MR) is 90.5 cm³/mol. The van der Waals surface area contributed by atoms with E-state index in [1.54, 1.807) is 12.1 Å². The summed E-state index contributed by atoms with van der Waals surface area (Å²) in [7, 11) is 0. The van der Waals surface area contributed by atoms with Crippen molar-refractivity contribution in [1.29, 1.82) is 0 Å². The van der Waals surface area contributed by atoms with Crippen molar-refractivity contribution in [2.75, 3.05) is 0 Å². The lowest BCUT2D eigenvalue weighted by Gasteiger charge is -2.52. The van der Waals surface area contributed by atoms with Crippen LogP contribution < -0.4 is 4.74 Å². The molecule has 6 heteroatoms. The number of phenolic OH excluding ortho intramolecular Hbond substituents is 1. The van der Waals surface area contributed by atoms with Gasteiger partial charge in [-0.2, -0.15) is 0 Å². The van der Waals surface area contributed by atoms with E-state index >= 15 is 0 Å². The van der Waals surface area contributed by atoms with Gasteiger partial charge in [0, 0.05) is 41.0 Å². The third kappa shape index (κ3) is 1.75. The summed E-state index contributed by atoms with van der Waals surface area (Å²) in [6, 6.07) is 4.81. The highest BCUT2D eigenvalue weighted by Gasteiger charge is 2.67. The minimum absolute atomic E-state index is 0.0427. The number of benzene rings is 1. The fraction of sp³-hybridized carbons (Fsp3) is 0.550. The maximum Gasteiger partial charge on any atom is 0.221 e. The first kappa shape index (κ1) is 16.3. The topological polar surface area (TPSA) is 107 Å². The van der Waals surface area contributed by atoms with Crippen LogP contribution in [-0.4, -0.2) is 44.2 Å². The number of aliphatic hydroxyl groups is 3. The van der Waals surface area contributed by atoms with Crippen molar-refractivity contribution in [2.45, 2.75) is 50.6 Å². The first-order valence-corrected chi connectivity index (χ1v) is 9.00. The molecule has 0 saturated heterocycles. The number of carbonyl (C=O) groups excluding carboxylic acids is 1. The lowest BCUT2D eigenvalue weighted by atomic mass is 9.54. The fourth-order valence-electron chi connectivity index (χ4n) is 6.02. The summed E-state index contributed by atoms with van der Waals surface area (Å²) in [5.41, 5.74) is -0.0766. The molecular weight excluding hydrogens is 336 g/mol. The Morgan fingerprint density at radius 1 is 1.23 bits per heavy atom. The number of phenols is 1. The van der Waals surface area contributed by atoms with Crippen LogP contribution in [0, 0.1) is 17.3 Å². The number of aliphatic hydroxyl groups excluding tert-OH is 2. The van der Waals surface area contributed by atoms with Crippen LogP contribution in [0.5, 0.6) is 11.5 Å². The first-order valence-electron chi connectivity index (χ1n) is 9.00. The van der Waals surface area contributed by atoms with Gasteiger partial charge >= 0.3 is 0 Å². The number of aromatic hydroxyl groups is 1.